The Labute approximate surface area is 170 Å². The van der Waals surface area contributed by atoms with Gasteiger partial charge in [-0.05, 0) is 47.8 Å². The van der Waals surface area contributed by atoms with Crippen LogP contribution in [0.25, 0.3) is 5.69 Å². The number of phenols is 1. The number of aromatic hydroxyl groups is 1. The first kappa shape index (κ1) is 18.5. The molecule has 0 atom stereocenters. The summed E-state index contributed by atoms with van der Waals surface area (Å²) < 4.78 is 2.01. The number of aromatic nitrogens is 3. The van der Waals surface area contributed by atoms with Crippen LogP contribution >= 0.6 is 23.1 Å². The maximum atomic E-state index is 12.5. The number of carbonyl (C=O) groups excluding carboxylic acids is 1. The van der Waals surface area contributed by atoms with Crippen molar-refractivity contribution in [3.05, 3.63) is 88.4 Å². The first-order valence-electron chi connectivity index (χ1n) is 8.68. The van der Waals surface area contributed by atoms with Crippen molar-refractivity contribution in [3.8, 4) is 11.4 Å². The molecule has 0 amide bonds. The summed E-state index contributed by atoms with van der Waals surface area (Å²) in [6.07, 6.45) is 0.687. The number of Topliss-reactive ketones (excluding diaryl/α,β-unsaturated/α-hetero) is 1. The van der Waals surface area contributed by atoms with E-state index in [4.69, 9.17) is 0 Å². The topological polar surface area (TPSA) is 68.0 Å². The van der Waals surface area contributed by atoms with E-state index in [2.05, 4.69) is 16.3 Å². The summed E-state index contributed by atoms with van der Waals surface area (Å²) in [5.74, 6) is 1.21. The molecule has 140 valence electrons. The lowest BCUT2D eigenvalue weighted by Gasteiger charge is -2.09. The predicted molar refractivity (Wildman–Crippen MR) is 112 cm³/mol. The molecule has 5 nitrogen and oxygen atoms in total. The second kappa shape index (κ2) is 8.41. The Morgan fingerprint density at radius 2 is 1.79 bits per heavy atom. The largest absolute Gasteiger partial charge is 0.508 e. The summed E-state index contributed by atoms with van der Waals surface area (Å²) in [7, 11) is 0. The van der Waals surface area contributed by atoms with Crippen LogP contribution in [0.15, 0.2) is 77.3 Å². The highest BCUT2D eigenvalue weighted by Gasteiger charge is 2.17. The Morgan fingerprint density at radius 3 is 2.50 bits per heavy atom. The van der Waals surface area contributed by atoms with Crippen molar-refractivity contribution in [2.24, 2.45) is 0 Å². The van der Waals surface area contributed by atoms with Gasteiger partial charge in [0.1, 0.15) is 11.6 Å². The third-order valence-electron chi connectivity index (χ3n) is 4.15. The summed E-state index contributed by atoms with van der Waals surface area (Å²) >= 11 is 3.05. The summed E-state index contributed by atoms with van der Waals surface area (Å²) in [5.41, 5.74) is 1.54. The molecule has 0 saturated carbocycles. The Hall–Kier alpha value is -2.90. The van der Waals surface area contributed by atoms with Gasteiger partial charge in [0, 0.05) is 22.5 Å². The van der Waals surface area contributed by atoms with Gasteiger partial charge in [-0.2, -0.15) is 0 Å². The molecule has 0 aliphatic heterocycles. The number of carbonyl (C=O) groups is 1. The lowest BCUT2D eigenvalue weighted by Crippen LogP contribution is -2.06. The number of ketones is 1. The average Bonchev–Trinajstić information content (AvgIpc) is 3.37. The van der Waals surface area contributed by atoms with Crippen molar-refractivity contribution >= 4 is 28.9 Å². The predicted octanol–water partition coefficient (Wildman–Crippen LogP) is 4.60. The van der Waals surface area contributed by atoms with Gasteiger partial charge in [0.2, 0.25) is 0 Å². The van der Waals surface area contributed by atoms with Gasteiger partial charge in [-0.15, -0.1) is 21.5 Å². The standard InChI is InChI=1S/C21H17N3O2S2/c25-17-10-8-15(9-11-17)19(26)14-28-21-23-22-20(13-18-7-4-12-27-18)24(21)16-5-2-1-3-6-16/h1-12,25H,13-14H2. The zero-order valence-corrected chi connectivity index (χ0v) is 16.5. The minimum Gasteiger partial charge on any atom is -0.508 e. The SMILES string of the molecule is O=C(CSc1nnc(Cc2cccs2)n1-c1ccccc1)c1ccc(O)cc1. The fourth-order valence-electron chi connectivity index (χ4n) is 2.77. The van der Waals surface area contributed by atoms with E-state index < -0.39 is 0 Å². The van der Waals surface area contributed by atoms with Crippen molar-refractivity contribution in [2.45, 2.75) is 11.6 Å². The molecule has 0 radical (unpaired) electrons. The van der Waals surface area contributed by atoms with E-state index in [-0.39, 0.29) is 17.3 Å². The number of thioether (sulfide) groups is 1. The summed E-state index contributed by atoms with van der Waals surface area (Å²) in [5, 5.41) is 20.8. The fraction of sp³-hybridized carbons (Fsp3) is 0.0952. The molecule has 0 spiro atoms. The van der Waals surface area contributed by atoms with Crippen LogP contribution in [0.3, 0.4) is 0 Å². The molecule has 7 heteroatoms. The lowest BCUT2D eigenvalue weighted by molar-refractivity contribution is 0.102. The first-order valence-corrected chi connectivity index (χ1v) is 10.5. The molecule has 28 heavy (non-hydrogen) atoms. The van der Waals surface area contributed by atoms with Gasteiger partial charge >= 0.3 is 0 Å². The van der Waals surface area contributed by atoms with Crippen molar-refractivity contribution in [1.82, 2.24) is 14.8 Å². The molecule has 0 fully saturated rings. The van der Waals surface area contributed by atoms with Gasteiger partial charge in [0.05, 0.1) is 5.75 Å². The highest BCUT2D eigenvalue weighted by atomic mass is 32.2. The third kappa shape index (κ3) is 4.16. The average molecular weight is 408 g/mol. The number of benzene rings is 2. The minimum atomic E-state index is -0.0209. The Bertz CT molecular complexity index is 1060. The van der Waals surface area contributed by atoms with Crippen LogP contribution in [0, 0.1) is 0 Å². The third-order valence-corrected chi connectivity index (χ3v) is 5.95. The van der Waals surface area contributed by atoms with E-state index in [0.717, 1.165) is 11.5 Å². The molecule has 0 bridgehead atoms. The van der Waals surface area contributed by atoms with Crippen LogP contribution in [0.2, 0.25) is 0 Å². The normalized spacial score (nSPS) is 10.9. The van der Waals surface area contributed by atoms with Gasteiger partial charge < -0.3 is 5.11 Å². The number of nitrogens with zero attached hydrogens (tertiary/aromatic N) is 3. The van der Waals surface area contributed by atoms with E-state index in [1.807, 2.05) is 46.3 Å². The van der Waals surface area contributed by atoms with Crippen molar-refractivity contribution in [1.29, 1.82) is 0 Å². The Morgan fingerprint density at radius 1 is 1.00 bits per heavy atom. The molecule has 1 N–H and O–H groups in total. The molecule has 0 aliphatic rings. The van der Waals surface area contributed by atoms with Gasteiger partial charge in [-0.1, -0.05) is 36.0 Å². The van der Waals surface area contributed by atoms with E-state index in [9.17, 15) is 9.90 Å². The molecule has 2 aromatic carbocycles. The van der Waals surface area contributed by atoms with E-state index >= 15 is 0 Å². The van der Waals surface area contributed by atoms with Crippen molar-refractivity contribution in [2.75, 3.05) is 5.75 Å². The number of rotatable bonds is 7. The molecule has 4 aromatic rings. The minimum absolute atomic E-state index is 0.0209. The van der Waals surface area contributed by atoms with Crippen LogP contribution in [0.1, 0.15) is 21.1 Å². The second-order valence-corrected chi connectivity index (χ2v) is 8.06. The van der Waals surface area contributed by atoms with Crippen LogP contribution in [0.4, 0.5) is 0 Å². The molecule has 2 aromatic heterocycles. The van der Waals surface area contributed by atoms with E-state index in [1.54, 1.807) is 23.5 Å². The first-order chi connectivity index (χ1) is 13.7. The van der Waals surface area contributed by atoms with Gasteiger partial charge in [-0.3, -0.25) is 9.36 Å². The van der Waals surface area contributed by atoms with E-state index in [0.29, 0.717) is 17.1 Å². The Kier molecular flexibility index (Phi) is 5.55. The maximum absolute atomic E-state index is 12.5. The highest BCUT2D eigenvalue weighted by Crippen LogP contribution is 2.25. The van der Waals surface area contributed by atoms with Crippen LogP contribution in [0.5, 0.6) is 5.75 Å². The molecule has 4 rings (SSSR count). The van der Waals surface area contributed by atoms with Gasteiger partial charge in [0.25, 0.3) is 0 Å². The summed E-state index contributed by atoms with van der Waals surface area (Å²) in [4.78, 5) is 13.7. The zero-order chi connectivity index (χ0) is 19.3. The number of hydrogen-bond acceptors (Lipinski definition) is 6. The molecular weight excluding hydrogens is 390 g/mol. The summed E-state index contributed by atoms with van der Waals surface area (Å²) in [6, 6.07) is 20.3. The molecule has 0 aliphatic carbocycles. The fourth-order valence-corrected chi connectivity index (χ4v) is 4.34. The molecule has 0 saturated heterocycles. The summed E-state index contributed by atoms with van der Waals surface area (Å²) in [6.45, 7) is 0. The number of thiophene rings is 1. The maximum Gasteiger partial charge on any atom is 0.196 e. The lowest BCUT2D eigenvalue weighted by atomic mass is 10.1. The molecule has 2 heterocycles. The van der Waals surface area contributed by atoms with Crippen molar-refractivity contribution in [3.63, 3.8) is 0 Å². The zero-order valence-electron chi connectivity index (χ0n) is 14.9. The number of para-hydroxylation sites is 1. The van der Waals surface area contributed by atoms with E-state index in [1.165, 1.54) is 28.8 Å². The van der Waals surface area contributed by atoms with Crippen LogP contribution in [-0.2, 0) is 6.42 Å². The van der Waals surface area contributed by atoms with Crippen molar-refractivity contribution < 1.29 is 9.90 Å². The quantitative estimate of drug-likeness (QED) is 0.358. The number of hydrogen-bond donors (Lipinski definition) is 1. The monoisotopic (exact) mass is 407 g/mol. The second-order valence-electron chi connectivity index (χ2n) is 6.08. The molecule has 0 unspecified atom stereocenters. The Balaban J connectivity index is 1.58. The van der Waals surface area contributed by atoms with Gasteiger partial charge in [-0.25, -0.2) is 0 Å². The highest BCUT2D eigenvalue weighted by molar-refractivity contribution is 7.99. The molecular formula is C21H17N3O2S2. The van der Waals surface area contributed by atoms with Crippen LogP contribution in [-0.4, -0.2) is 31.4 Å². The smallest absolute Gasteiger partial charge is 0.196 e. The number of phenolic OH excluding ortho intramolecular Hbond substituents is 1. The van der Waals surface area contributed by atoms with Crippen LogP contribution < -0.4 is 0 Å². The van der Waals surface area contributed by atoms with Gasteiger partial charge in [0.15, 0.2) is 10.9 Å².